The van der Waals surface area contributed by atoms with Gasteiger partial charge < -0.3 is 0 Å². The van der Waals surface area contributed by atoms with E-state index in [1.165, 1.54) is 25.7 Å². The second kappa shape index (κ2) is 37.9. The van der Waals surface area contributed by atoms with Gasteiger partial charge in [-0.2, -0.15) is 0 Å². The number of rotatable bonds is 0. The summed E-state index contributed by atoms with van der Waals surface area (Å²) < 4.78 is 0. The first-order valence-corrected chi connectivity index (χ1v) is 3.93. The Morgan fingerprint density at radius 2 is 0.933 bits per heavy atom. The third-order valence-electron chi connectivity index (χ3n) is 1.37. The zero-order valence-corrected chi connectivity index (χ0v) is 10.3. The molecule has 0 atom stereocenters. The Balaban J connectivity index is -0.0000000755. The third-order valence-corrected chi connectivity index (χ3v) is 1.37. The van der Waals surface area contributed by atoms with Crippen molar-refractivity contribution < 1.29 is 35.4 Å². The van der Waals surface area contributed by atoms with Gasteiger partial charge in [-0.05, 0) is 25.7 Å². The van der Waals surface area contributed by atoms with Crippen LogP contribution >= 0.6 is 0 Å². The normalized spacial score (nSPS) is 15.7. The summed E-state index contributed by atoms with van der Waals surface area (Å²) in [6.45, 7) is 13.5. The van der Waals surface area contributed by atoms with Crippen LogP contribution in [-0.4, -0.2) is 20.4 Å². The minimum absolute atomic E-state index is 0. The van der Waals surface area contributed by atoms with Crippen LogP contribution in [-0.2, 0) is 35.4 Å². The maximum atomic E-state index is 7.50. The fourth-order valence-electron chi connectivity index (χ4n) is 0.874. The number of allylic oxidation sites excluding steroid dienone is 4. The average Bonchev–Trinajstić information content (AvgIpc) is 2.26. The molecule has 0 aromatic carbocycles. The predicted molar refractivity (Wildman–Crippen MR) is 53.8 cm³/mol. The van der Waals surface area contributed by atoms with Gasteiger partial charge in [-0.3, -0.25) is 14.4 Å². The summed E-state index contributed by atoms with van der Waals surface area (Å²) in [7, 11) is 0. The largest absolute Gasteiger partial charge is 0.281 e. The molecule has 6 radical (unpaired) electrons. The van der Waals surface area contributed by atoms with Crippen molar-refractivity contribution in [1.82, 2.24) is 0 Å². The van der Waals surface area contributed by atoms with Crippen LogP contribution < -0.4 is 0 Å². The average molecular weight is 288 g/mol. The summed E-state index contributed by atoms with van der Waals surface area (Å²) in [5.74, 6) is 0. The molecule has 0 saturated heterocycles. The predicted octanol–water partition coefficient (Wildman–Crippen LogP) is 1.48. The van der Waals surface area contributed by atoms with Gasteiger partial charge in [-0.15, -0.1) is 0 Å². The minimum Gasteiger partial charge on any atom is -0.281 e. The minimum atomic E-state index is 0. The summed E-state index contributed by atoms with van der Waals surface area (Å²) in [5.41, 5.74) is 0. The zero-order valence-electron chi connectivity index (χ0n) is 8.27. The first-order chi connectivity index (χ1) is 7.00. The van der Waals surface area contributed by atoms with Gasteiger partial charge >= 0.3 is 0 Å². The Kier molecular flexibility index (Phi) is 60.1. The SMILES string of the molecule is C1=C\CCCC\C=C/1.[C]=O.[C]=O.[C]=O.[Mo]. The molecular weight excluding hydrogens is 276 g/mol. The van der Waals surface area contributed by atoms with Crippen molar-refractivity contribution in [2.75, 3.05) is 0 Å². The Hall–Kier alpha value is -0.822. The molecule has 15 heavy (non-hydrogen) atoms. The standard InChI is InChI=1S/C8H12.3CO.Mo/c1-2-4-6-8-7-5-3-1;3*1-2;/h1-4H,5-8H2;;;;/b3-1-,4-2-;;;;. The number of hydrogen-bond donors (Lipinski definition) is 0. The van der Waals surface area contributed by atoms with E-state index in [2.05, 4.69) is 44.7 Å². The Labute approximate surface area is 106 Å². The quantitative estimate of drug-likeness (QED) is 0.634. The molecule has 4 heteroatoms. The second-order valence-electron chi connectivity index (χ2n) is 2.14. The number of carbonyl (C=O) groups excluding carboxylic acids is 3. The molecule has 1 aliphatic carbocycles. The fraction of sp³-hybridized carbons (Fsp3) is 0.364. The molecular formula is C11H12MoO3. The van der Waals surface area contributed by atoms with Crippen LogP contribution in [0.5, 0.6) is 0 Å². The van der Waals surface area contributed by atoms with Crippen molar-refractivity contribution in [3.63, 3.8) is 0 Å². The van der Waals surface area contributed by atoms with Crippen LogP contribution in [0.1, 0.15) is 25.7 Å². The molecule has 0 heterocycles. The van der Waals surface area contributed by atoms with Gasteiger partial charge in [0.2, 0.25) is 0 Å². The van der Waals surface area contributed by atoms with Gasteiger partial charge in [-0.1, -0.05) is 24.3 Å². The molecule has 0 bridgehead atoms. The Morgan fingerprint density at radius 1 is 0.667 bits per heavy atom. The summed E-state index contributed by atoms with van der Waals surface area (Å²) in [6.07, 6.45) is 14.0. The van der Waals surface area contributed by atoms with Gasteiger partial charge in [0.1, 0.15) is 0 Å². The van der Waals surface area contributed by atoms with Gasteiger partial charge in [0.25, 0.3) is 20.4 Å². The summed E-state index contributed by atoms with van der Waals surface area (Å²) in [6, 6.07) is 0. The molecule has 0 amide bonds. The van der Waals surface area contributed by atoms with E-state index in [0.717, 1.165) is 0 Å². The van der Waals surface area contributed by atoms with Gasteiger partial charge in [0.05, 0.1) is 0 Å². The molecule has 3 nitrogen and oxygen atoms in total. The monoisotopic (exact) mass is 290 g/mol. The summed E-state index contributed by atoms with van der Waals surface area (Å²) >= 11 is 0. The van der Waals surface area contributed by atoms with Crippen LogP contribution in [0.3, 0.4) is 0 Å². The molecule has 0 aromatic rings. The van der Waals surface area contributed by atoms with Crippen molar-refractivity contribution in [2.45, 2.75) is 25.7 Å². The van der Waals surface area contributed by atoms with Gasteiger partial charge in [-0.25, -0.2) is 0 Å². The molecule has 80 valence electrons. The van der Waals surface area contributed by atoms with Crippen molar-refractivity contribution >= 4 is 20.4 Å². The van der Waals surface area contributed by atoms with Crippen LogP contribution in [0.2, 0.25) is 0 Å². The van der Waals surface area contributed by atoms with E-state index in [0.29, 0.717) is 0 Å². The molecule has 1 rings (SSSR count). The van der Waals surface area contributed by atoms with E-state index >= 15 is 0 Å². The number of hydrogen-bond acceptors (Lipinski definition) is 3. The first-order valence-electron chi connectivity index (χ1n) is 3.93. The Bertz CT molecular complexity index is 128. The molecule has 0 N–H and O–H groups in total. The molecule has 0 fully saturated rings. The van der Waals surface area contributed by atoms with E-state index in [1.807, 2.05) is 0 Å². The van der Waals surface area contributed by atoms with Crippen LogP contribution in [0, 0.1) is 0 Å². The van der Waals surface area contributed by atoms with Crippen LogP contribution in [0.25, 0.3) is 0 Å². The van der Waals surface area contributed by atoms with E-state index in [4.69, 9.17) is 14.4 Å². The fourth-order valence-corrected chi connectivity index (χ4v) is 0.874. The Morgan fingerprint density at radius 3 is 1.20 bits per heavy atom. The van der Waals surface area contributed by atoms with E-state index in [1.54, 1.807) is 0 Å². The van der Waals surface area contributed by atoms with E-state index in [-0.39, 0.29) is 21.1 Å². The van der Waals surface area contributed by atoms with Crippen molar-refractivity contribution in [1.29, 1.82) is 0 Å². The van der Waals surface area contributed by atoms with Gasteiger partial charge in [0, 0.05) is 21.1 Å². The third kappa shape index (κ3) is 32.0. The molecule has 0 aliphatic heterocycles. The smallest absolute Gasteiger partial charge is 0.281 e. The summed E-state index contributed by atoms with van der Waals surface area (Å²) in [4.78, 5) is 22.5. The van der Waals surface area contributed by atoms with Crippen LogP contribution in [0.15, 0.2) is 24.3 Å². The summed E-state index contributed by atoms with van der Waals surface area (Å²) in [5, 5.41) is 0. The van der Waals surface area contributed by atoms with Gasteiger partial charge in [0.15, 0.2) is 0 Å². The molecule has 0 aromatic heterocycles. The topological polar surface area (TPSA) is 51.2 Å². The van der Waals surface area contributed by atoms with Crippen molar-refractivity contribution in [2.24, 2.45) is 0 Å². The molecule has 0 spiro atoms. The molecule has 0 saturated carbocycles. The first kappa shape index (κ1) is 23.8. The zero-order chi connectivity index (χ0) is 11.7. The molecule has 1 aliphatic rings. The van der Waals surface area contributed by atoms with Crippen molar-refractivity contribution in [3.05, 3.63) is 24.3 Å². The second-order valence-corrected chi connectivity index (χ2v) is 2.14. The van der Waals surface area contributed by atoms with E-state index < -0.39 is 0 Å². The maximum Gasteiger partial charge on any atom is 0.281 e. The van der Waals surface area contributed by atoms with Crippen LogP contribution in [0.4, 0.5) is 0 Å². The van der Waals surface area contributed by atoms with E-state index in [9.17, 15) is 0 Å². The maximum absolute atomic E-state index is 7.50. The molecule has 0 unspecified atom stereocenters. The van der Waals surface area contributed by atoms with Crippen molar-refractivity contribution in [3.8, 4) is 0 Å².